The fourth-order valence-electron chi connectivity index (χ4n) is 3.10. The summed E-state index contributed by atoms with van der Waals surface area (Å²) in [7, 11) is 1.68. The number of hydrogen-bond donors (Lipinski definition) is 0. The van der Waals surface area contributed by atoms with Crippen molar-refractivity contribution in [3.8, 4) is 0 Å². The predicted octanol–water partition coefficient (Wildman–Crippen LogP) is 4.30. The number of amides is 1. The van der Waals surface area contributed by atoms with Crippen molar-refractivity contribution >= 4 is 23.5 Å². The molecule has 2 aromatic carbocycles. The molecule has 1 heterocycles. The number of hydrogen-bond acceptors (Lipinski definition) is 3. The smallest absolute Gasteiger partial charge is 0.336 e. The average molecular weight is 370 g/mol. The van der Waals surface area contributed by atoms with Crippen LogP contribution in [0.3, 0.4) is 0 Å². The van der Waals surface area contributed by atoms with Gasteiger partial charge in [0.2, 0.25) is 5.91 Å². The van der Waals surface area contributed by atoms with Crippen LogP contribution in [0.15, 0.2) is 65.9 Å². The Bertz CT molecular complexity index is 843. The summed E-state index contributed by atoms with van der Waals surface area (Å²) in [5.41, 5.74) is 2.94. The summed E-state index contributed by atoms with van der Waals surface area (Å²) in [4.78, 5) is 26.7. The van der Waals surface area contributed by atoms with Gasteiger partial charge in [-0.05, 0) is 30.2 Å². The van der Waals surface area contributed by atoms with Crippen LogP contribution in [0.4, 0.5) is 0 Å². The van der Waals surface area contributed by atoms with E-state index in [-0.39, 0.29) is 24.9 Å². The first kappa shape index (κ1) is 18.2. The second kappa shape index (κ2) is 7.75. The van der Waals surface area contributed by atoms with Crippen LogP contribution in [-0.4, -0.2) is 23.8 Å². The van der Waals surface area contributed by atoms with Gasteiger partial charge in [0.1, 0.15) is 6.61 Å². The number of nitrogens with zero attached hydrogens (tertiary/aromatic N) is 1. The van der Waals surface area contributed by atoms with Crippen molar-refractivity contribution in [1.82, 2.24) is 4.90 Å². The third-order valence-electron chi connectivity index (χ3n) is 4.70. The molecule has 1 atom stereocenters. The first-order valence-corrected chi connectivity index (χ1v) is 8.79. The van der Waals surface area contributed by atoms with E-state index >= 15 is 0 Å². The van der Waals surface area contributed by atoms with Gasteiger partial charge < -0.3 is 9.64 Å². The third kappa shape index (κ3) is 3.81. The number of esters is 1. The zero-order chi connectivity index (χ0) is 18.7. The van der Waals surface area contributed by atoms with E-state index in [1.54, 1.807) is 26.1 Å². The Kier molecular flexibility index (Phi) is 5.43. The summed E-state index contributed by atoms with van der Waals surface area (Å²) in [6.45, 7) is 1.97. The summed E-state index contributed by atoms with van der Waals surface area (Å²) < 4.78 is 5.54. The van der Waals surface area contributed by atoms with Crippen molar-refractivity contribution in [1.29, 1.82) is 0 Å². The Balaban J connectivity index is 1.89. The molecular formula is C21H20ClNO3. The largest absolute Gasteiger partial charge is 0.457 e. The normalized spacial score (nSPS) is 17.4. The molecule has 1 amide bonds. The Morgan fingerprint density at radius 2 is 1.81 bits per heavy atom. The second-order valence-electron chi connectivity index (χ2n) is 6.32. The number of allylic oxidation sites excluding steroid dienone is 1. The van der Waals surface area contributed by atoms with Gasteiger partial charge in [0.15, 0.2) is 0 Å². The lowest BCUT2D eigenvalue weighted by Gasteiger charge is -2.32. The molecule has 0 fully saturated rings. The van der Waals surface area contributed by atoms with Gasteiger partial charge in [-0.2, -0.15) is 0 Å². The summed E-state index contributed by atoms with van der Waals surface area (Å²) in [6, 6.07) is 16.8. The Morgan fingerprint density at radius 1 is 1.15 bits per heavy atom. The number of carbonyl (C=O) groups is 2. The number of halogens is 1. The quantitative estimate of drug-likeness (QED) is 0.755. The maximum absolute atomic E-state index is 12.8. The molecule has 0 spiro atoms. The lowest BCUT2D eigenvalue weighted by atomic mass is 9.84. The van der Waals surface area contributed by atoms with Crippen molar-refractivity contribution in [2.75, 3.05) is 7.05 Å². The molecule has 4 nitrogen and oxygen atoms in total. The highest BCUT2D eigenvalue weighted by Gasteiger charge is 2.35. The zero-order valence-corrected chi connectivity index (χ0v) is 15.5. The minimum atomic E-state index is -0.398. The van der Waals surface area contributed by atoms with E-state index in [4.69, 9.17) is 16.3 Å². The molecule has 0 saturated carbocycles. The van der Waals surface area contributed by atoms with Crippen molar-refractivity contribution in [2.24, 2.45) is 0 Å². The fraction of sp³-hybridized carbons (Fsp3) is 0.238. The number of benzene rings is 2. The Hall–Kier alpha value is -2.59. The molecular weight excluding hydrogens is 350 g/mol. The van der Waals surface area contributed by atoms with Crippen molar-refractivity contribution in [3.63, 3.8) is 0 Å². The van der Waals surface area contributed by atoms with Gasteiger partial charge in [0.25, 0.3) is 0 Å². The highest BCUT2D eigenvalue weighted by molar-refractivity contribution is 6.30. The summed E-state index contributed by atoms with van der Waals surface area (Å²) >= 11 is 5.97. The van der Waals surface area contributed by atoms with Crippen molar-refractivity contribution in [3.05, 3.63) is 82.0 Å². The maximum atomic E-state index is 12.8. The highest BCUT2D eigenvalue weighted by Crippen LogP contribution is 2.36. The standard InChI is InChI=1S/C21H20ClNO3/c1-14-20(21(25)26-13-15-6-4-3-5-7-15)18(12-19(24)23(14)2)16-8-10-17(22)11-9-16/h3-11,18H,12-13H2,1-2H3. The van der Waals surface area contributed by atoms with Crippen molar-refractivity contribution in [2.45, 2.75) is 25.9 Å². The molecule has 0 bridgehead atoms. The molecule has 26 heavy (non-hydrogen) atoms. The summed E-state index contributed by atoms with van der Waals surface area (Å²) in [5.74, 6) is -0.757. The number of carbonyl (C=O) groups excluding carboxylic acids is 2. The van der Waals surface area contributed by atoms with Crippen LogP contribution >= 0.6 is 11.6 Å². The van der Waals surface area contributed by atoms with Crippen molar-refractivity contribution < 1.29 is 14.3 Å². The molecule has 0 N–H and O–H groups in total. The summed E-state index contributed by atoms with van der Waals surface area (Å²) in [6.07, 6.45) is 0.227. The highest BCUT2D eigenvalue weighted by atomic mass is 35.5. The van der Waals surface area contributed by atoms with Gasteiger partial charge in [0, 0.05) is 30.1 Å². The lowest BCUT2D eigenvalue weighted by molar-refractivity contribution is -0.141. The molecule has 1 unspecified atom stereocenters. The minimum Gasteiger partial charge on any atom is -0.457 e. The van der Waals surface area contributed by atoms with Crippen LogP contribution in [-0.2, 0) is 20.9 Å². The molecule has 0 aliphatic carbocycles. The topological polar surface area (TPSA) is 46.6 Å². The van der Waals surface area contributed by atoms with Crippen LogP contribution in [0, 0.1) is 0 Å². The fourth-order valence-corrected chi connectivity index (χ4v) is 3.23. The molecule has 2 aromatic rings. The van der Waals surface area contributed by atoms with Crippen LogP contribution in [0.5, 0.6) is 0 Å². The van der Waals surface area contributed by atoms with Gasteiger partial charge in [-0.25, -0.2) is 4.79 Å². The van der Waals surface area contributed by atoms with Gasteiger partial charge in [-0.15, -0.1) is 0 Å². The van der Waals surface area contributed by atoms with E-state index in [9.17, 15) is 9.59 Å². The van der Waals surface area contributed by atoms with Crippen LogP contribution in [0.2, 0.25) is 5.02 Å². The molecule has 1 aliphatic heterocycles. The van der Waals surface area contributed by atoms with E-state index in [1.165, 1.54) is 4.90 Å². The molecule has 0 aromatic heterocycles. The zero-order valence-electron chi connectivity index (χ0n) is 14.7. The van der Waals surface area contributed by atoms with E-state index in [2.05, 4.69) is 0 Å². The monoisotopic (exact) mass is 369 g/mol. The van der Waals surface area contributed by atoms with Gasteiger partial charge in [-0.3, -0.25) is 4.79 Å². The maximum Gasteiger partial charge on any atom is 0.336 e. The van der Waals surface area contributed by atoms with Crippen LogP contribution < -0.4 is 0 Å². The van der Waals surface area contributed by atoms with E-state index in [0.29, 0.717) is 16.3 Å². The Labute approximate surface area is 158 Å². The number of ether oxygens (including phenoxy) is 1. The first-order chi connectivity index (χ1) is 12.5. The SMILES string of the molecule is CC1=C(C(=O)OCc2ccccc2)C(c2ccc(Cl)cc2)CC(=O)N1C. The average Bonchev–Trinajstić information content (AvgIpc) is 2.65. The van der Waals surface area contributed by atoms with Gasteiger partial charge in [0.05, 0.1) is 5.57 Å². The molecule has 1 aliphatic rings. The van der Waals surface area contributed by atoms with Gasteiger partial charge in [-0.1, -0.05) is 54.1 Å². The van der Waals surface area contributed by atoms with E-state index in [0.717, 1.165) is 11.1 Å². The van der Waals surface area contributed by atoms with Crippen LogP contribution in [0.1, 0.15) is 30.4 Å². The minimum absolute atomic E-state index is 0.0259. The van der Waals surface area contributed by atoms with E-state index < -0.39 is 5.97 Å². The molecule has 3 rings (SSSR count). The molecule has 134 valence electrons. The second-order valence-corrected chi connectivity index (χ2v) is 6.76. The van der Waals surface area contributed by atoms with Gasteiger partial charge >= 0.3 is 5.97 Å². The molecule has 0 saturated heterocycles. The van der Waals surface area contributed by atoms with Crippen LogP contribution in [0.25, 0.3) is 0 Å². The lowest BCUT2D eigenvalue weighted by Crippen LogP contribution is -2.35. The summed E-state index contributed by atoms with van der Waals surface area (Å²) in [5, 5.41) is 0.613. The third-order valence-corrected chi connectivity index (χ3v) is 4.95. The predicted molar refractivity (Wildman–Crippen MR) is 101 cm³/mol. The number of rotatable bonds is 4. The Morgan fingerprint density at radius 3 is 2.46 bits per heavy atom. The first-order valence-electron chi connectivity index (χ1n) is 8.41. The molecule has 0 radical (unpaired) electrons. The van der Waals surface area contributed by atoms with E-state index in [1.807, 2.05) is 42.5 Å². The molecule has 5 heteroatoms.